The molecule has 12 heteroatoms. The molecule has 0 N–H and O–H groups in total. The first-order chi connectivity index (χ1) is 25.2. The number of carbonyl (C=O) groups excluding carboxylic acids is 2. The zero-order chi connectivity index (χ0) is 36.8. The first kappa shape index (κ1) is 37.5. The molecule has 9 nitrogen and oxygen atoms in total. The molecule has 0 aliphatic carbocycles. The molecule has 4 aromatic carbocycles. The number of nitrogens with zero attached hydrogens (tertiary/aromatic N) is 2. The summed E-state index contributed by atoms with van der Waals surface area (Å²) in [5.74, 6) is 0.515. The van der Waals surface area contributed by atoms with E-state index in [0.29, 0.717) is 46.2 Å². The molecule has 266 valence electrons. The van der Waals surface area contributed by atoms with Crippen molar-refractivity contribution in [2.24, 2.45) is 4.99 Å². The second-order valence-electron chi connectivity index (χ2n) is 11.5. The van der Waals surface area contributed by atoms with Crippen LogP contribution in [-0.4, -0.2) is 36.3 Å². The molecule has 1 aliphatic heterocycles. The number of rotatable bonds is 12. The Morgan fingerprint density at radius 3 is 2.12 bits per heavy atom. The number of ether oxygens (including phenoxy) is 4. The lowest BCUT2D eigenvalue weighted by atomic mass is 9.93. The molecule has 0 unspecified atom stereocenters. The van der Waals surface area contributed by atoms with Crippen LogP contribution >= 0.6 is 56.5 Å². The normalized spacial score (nSPS) is 14.0. The summed E-state index contributed by atoms with van der Waals surface area (Å²) in [7, 11) is 0. The number of hydrogen-bond donors (Lipinski definition) is 0. The van der Waals surface area contributed by atoms with Gasteiger partial charge >= 0.3 is 11.9 Å². The lowest BCUT2D eigenvalue weighted by molar-refractivity contribution is -0.138. The highest BCUT2D eigenvalue weighted by atomic mass is 127. The third-order valence-corrected chi connectivity index (χ3v) is 10.6. The molecule has 0 saturated carbocycles. The average Bonchev–Trinajstić information content (AvgIpc) is 3.45. The van der Waals surface area contributed by atoms with Crippen LogP contribution in [0, 0.1) is 7.14 Å². The number of aromatic nitrogens is 1. The van der Waals surface area contributed by atoms with E-state index in [0.717, 1.165) is 35.1 Å². The van der Waals surface area contributed by atoms with Crippen LogP contribution in [0.15, 0.2) is 106 Å². The predicted molar refractivity (Wildman–Crippen MR) is 217 cm³/mol. The molecule has 2 heterocycles. The zero-order valence-electron chi connectivity index (χ0n) is 28.6. The van der Waals surface area contributed by atoms with Crippen LogP contribution in [0.4, 0.5) is 0 Å². The summed E-state index contributed by atoms with van der Waals surface area (Å²) in [6.07, 6.45) is 1.84. The number of esters is 2. The molecule has 0 radical (unpaired) electrons. The second kappa shape index (κ2) is 17.0. The fourth-order valence-electron chi connectivity index (χ4n) is 5.73. The molecular formula is C40H34I2N2O7S. The number of thiazole rings is 1. The number of carbonyl (C=O) groups is 2. The van der Waals surface area contributed by atoms with Crippen LogP contribution in [0.5, 0.6) is 11.5 Å². The molecule has 0 spiro atoms. The Labute approximate surface area is 331 Å². The molecule has 1 aliphatic rings. The molecule has 5 aromatic rings. The van der Waals surface area contributed by atoms with Crippen molar-refractivity contribution >= 4 is 80.2 Å². The van der Waals surface area contributed by atoms with Crippen LogP contribution in [0.1, 0.15) is 59.4 Å². The Balaban J connectivity index is 1.39. The molecule has 52 heavy (non-hydrogen) atoms. The van der Waals surface area contributed by atoms with Crippen LogP contribution < -0.4 is 24.4 Å². The molecular weight excluding hydrogens is 906 g/mol. The Bertz CT molecular complexity index is 2290. The van der Waals surface area contributed by atoms with Gasteiger partial charge in [-0.15, -0.1) is 0 Å². The largest absolute Gasteiger partial charge is 0.494 e. The molecule has 6 rings (SSSR count). The summed E-state index contributed by atoms with van der Waals surface area (Å²) >= 11 is 5.74. The third-order valence-electron chi connectivity index (χ3n) is 8.05. The number of halogens is 2. The van der Waals surface area contributed by atoms with Gasteiger partial charge in [-0.1, -0.05) is 65.9 Å². The number of hydrogen-bond acceptors (Lipinski definition) is 9. The van der Waals surface area contributed by atoms with Crippen molar-refractivity contribution < 1.29 is 28.5 Å². The van der Waals surface area contributed by atoms with Crippen molar-refractivity contribution in [3.63, 3.8) is 0 Å². The number of benzene rings is 4. The van der Waals surface area contributed by atoms with Gasteiger partial charge < -0.3 is 18.9 Å². The van der Waals surface area contributed by atoms with Crippen LogP contribution in [0.25, 0.3) is 11.8 Å². The van der Waals surface area contributed by atoms with Crippen LogP contribution in [0.3, 0.4) is 0 Å². The SMILES string of the molecule is CCOC(=O)C1=C(c2ccccc2)N=c2s/c(=C\c3cc(I)c(OCc4ccc(C(=O)OCC)cc4)c(I)c3)c(=O)n2[C@H]1c1ccc(OCC)cc1. The number of fused-ring (bicyclic) bond motifs is 1. The van der Waals surface area contributed by atoms with E-state index >= 15 is 0 Å². The second-order valence-corrected chi connectivity index (χ2v) is 14.8. The van der Waals surface area contributed by atoms with Gasteiger partial charge in [-0.25, -0.2) is 14.6 Å². The Morgan fingerprint density at radius 2 is 1.48 bits per heavy atom. The van der Waals surface area contributed by atoms with E-state index in [4.69, 9.17) is 23.9 Å². The maximum atomic E-state index is 14.4. The van der Waals surface area contributed by atoms with Gasteiger partial charge in [-0.3, -0.25) is 9.36 Å². The first-order valence-corrected chi connectivity index (χ1v) is 19.6. The summed E-state index contributed by atoms with van der Waals surface area (Å²) in [5.41, 5.74) is 4.16. The van der Waals surface area contributed by atoms with Gasteiger partial charge in [0, 0.05) is 5.56 Å². The van der Waals surface area contributed by atoms with Crippen molar-refractivity contribution in [1.29, 1.82) is 0 Å². The highest BCUT2D eigenvalue weighted by molar-refractivity contribution is 14.1. The van der Waals surface area contributed by atoms with Gasteiger partial charge in [0.15, 0.2) is 4.80 Å². The van der Waals surface area contributed by atoms with Gasteiger partial charge in [0.1, 0.15) is 18.1 Å². The molecule has 0 fully saturated rings. The van der Waals surface area contributed by atoms with Gasteiger partial charge in [0.25, 0.3) is 5.56 Å². The first-order valence-electron chi connectivity index (χ1n) is 16.6. The van der Waals surface area contributed by atoms with E-state index < -0.39 is 12.0 Å². The van der Waals surface area contributed by atoms with Crippen molar-refractivity contribution in [2.75, 3.05) is 19.8 Å². The highest BCUT2D eigenvalue weighted by Crippen LogP contribution is 2.36. The fraction of sp³-hybridized carbons (Fsp3) is 0.200. The molecule has 1 atom stereocenters. The van der Waals surface area contributed by atoms with Crippen LogP contribution in [-0.2, 0) is 20.9 Å². The van der Waals surface area contributed by atoms with E-state index in [2.05, 4.69) is 45.2 Å². The van der Waals surface area contributed by atoms with Gasteiger partial charge in [0.05, 0.1) is 54.4 Å². The maximum Gasteiger partial charge on any atom is 0.338 e. The van der Waals surface area contributed by atoms with Gasteiger partial charge in [0.2, 0.25) is 0 Å². The Hall–Kier alpha value is -4.28. The van der Waals surface area contributed by atoms with Crippen molar-refractivity contribution in [2.45, 2.75) is 33.4 Å². The molecule has 0 saturated heterocycles. The van der Waals surface area contributed by atoms with Crippen molar-refractivity contribution in [1.82, 2.24) is 4.57 Å². The molecule has 0 bridgehead atoms. The van der Waals surface area contributed by atoms with E-state index in [1.54, 1.807) is 30.5 Å². The lowest BCUT2D eigenvalue weighted by Crippen LogP contribution is -2.40. The van der Waals surface area contributed by atoms with E-state index in [-0.39, 0.29) is 23.7 Å². The minimum atomic E-state index is -0.786. The Morgan fingerprint density at radius 1 is 0.827 bits per heavy atom. The summed E-state index contributed by atoms with van der Waals surface area (Å²) in [6, 6.07) is 27.2. The van der Waals surface area contributed by atoms with Crippen LogP contribution in [0.2, 0.25) is 0 Å². The van der Waals surface area contributed by atoms with Gasteiger partial charge in [-0.05, 0) is 125 Å². The standard InChI is InChI=1S/C40H34I2N2O7S/c1-4-48-29-18-16-27(17-19-29)35-33(39(47)50-6-3)34(26-10-8-7-9-11-26)43-40-44(35)37(45)32(52-40)22-25-20-30(41)36(31(42)21-25)51-23-24-12-14-28(15-13-24)38(46)49-5-2/h7-22,35H,4-6,23H2,1-3H3/b32-22-/t35-/m0/s1. The summed E-state index contributed by atoms with van der Waals surface area (Å²) in [4.78, 5) is 45.5. The predicted octanol–water partition coefficient (Wildman–Crippen LogP) is 7.30. The maximum absolute atomic E-state index is 14.4. The van der Waals surface area contributed by atoms with Crippen molar-refractivity contribution in [3.8, 4) is 11.5 Å². The monoisotopic (exact) mass is 940 g/mol. The third kappa shape index (κ3) is 8.18. The van der Waals surface area contributed by atoms with E-state index in [1.807, 2.05) is 91.9 Å². The summed E-state index contributed by atoms with van der Waals surface area (Å²) in [5, 5.41) is 0. The zero-order valence-corrected chi connectivity index (χ0v) is 33.7. The summed E-state index contributed by atoms with van der Waals surface area (Å²) < 4.78 is 26.3. The molecule has 1 aromatic heterocycles. The average molecular weight is 941 g/mol. The van der Waals surface area contributed by atoms with Gasteiger partial charge in [-0.2, -0.15) is 0 Å². The highest BCUT2D eigenvalue weighted by Gasteiger charge is 2.35. The molecule has 0 amide bonds. The smallest absolute Gasteiger partial charge is 0.338 e. The van der Waals surface area contributed by atoms with E-state index in [9.17, 15) is 14.4 Å². The Kier molecular flexibility index (Phi) is 12.3. The summed E-state index contributed by atoms with van der Waals surface area (Å²) in [6.45, 7) is 6.76. The fourth-order valence-corrected chi connectivity index (χ4v) is 8.86. The van der Waals surface area contributed by atoms with E-state index in [1.165, 1.54) is 11.3 Å². The quantitative estimate of drug-likeness (QED) is 0.0956. The minimum absolute atomic E-state index is 0.170. The lowest BCUT2D eigenvalue weighted by Gasteiger charge is -2.26. The minimum Gasteiger partial charge on any atom is -0.494 e. The topological polar surface area (TPSA) is 105 Å². The van der Waals surface area contributed by atoms with Crippen molar-refractivity contribution in [3.05, 3.63) is 151 Å².